The summed E-state index contributed by atoms with van der Waals surface area (Å²) in [5.74, 6) is 1.51. The Labute approximate surface area is 179 Å². The number of aryl methyl sites for hydroxylation is 1. The van der Waals surface area contributed by atoms with Gasteiger partial charge in [0.15, 0.2) is 0 Å². The van der Waals surface area contributed by atoms with Crippen LogP contribution in [0.15, 0.2) is 17.6 Å². The standard InChI is InChI=1S/C19H28F3N7S/c1-18(2,3)16-24-14(19(20,21)22)12-15(25-16)29-9-7-28(8-10-29)6-5-11-30-17-23-13-27(4)26-17/h12-13H,5-11H2,1-4H3. The maximum atomic E-state index is 13.3. The zero-order valence-electron chi connectivity index (χ0n) is 17.8. The van der Waals surface area contributed by atoms with Gasteiger partial charge >= 0.3 is 6.18 Å². The first kappa shape index (κ1) is 22.8. The highest BCUT2D eigenvalue weighted by molar-refractivity contribution is 7.99. The van der Waals surface area contributed by atoms with Crippen LogP contribution in [0.3, 0.4) is 0 Å². The lowest BCUT2D eigenvalue weighted by Gasteiger charge is -2.36. The first-order valence-electron chi connectivity index (χ1n) is 9.95. The van der Waals surface area contributed by atoms with Gasteiger partial charge in [0.1, 0.15) is 23.7 Å². The first-order chi connectivity index (χ1) is 14.0. The van der Waals surface area contributed by atoms with Crippen molar-refractivity contribution in [3.05, 3.63) is 23.9 Å². The number of anilines is 1. The molecule has 2 aromatic rings. The quantitative estimate of drug-likeness (QED) is 0.502. The first-order valence-corrected chi connectivity index (χ1v) is 10.9. The molecule has 1 fully saturated rings. The van der Waals surface area contributed by atoms with E-state index in [1.54, 1.807) is 22.8 Å². The second-order valence-corrected chi connectivity index (χ2v) is 9.48. The van der Waals surface area contributed by atoms with E-state index in [1.165, 1.54) is 0 Å². The van der Waals surface area contributed by atoms with Crippen molar-refractivity contribution in [2.45, 2.75) is 43.9 Å². The molecule has 0 amide bonds. The highest BCUT2D eigenvalue weighted by atomic mass is 32.2. The molecular formula is C19H28F3N7S. The predicted octanol–water partition coefficient (Wildman–Crippen LogP) is 3.23. The fourth-order valence-corrected chi connectivity index (χ4v) is 3.88. The Morgan fingerprint density at radius 2 is 1.77 bits per heavy atom. The third-order valence-electron chi connectivity index (χ3n) is 4.80. The van der Waals surface area contributed by atoms with Crippen molar-refractivity contribution in [3.63, 3.8) is 0 Å². The van der Waals surface area contributed by atoms with Crippen LogP contribution in [-0.2, 0) is 18.6 Å². The van der Waals surface area contributed by atoms with Gasteiger partial charge in [0, 0.05) is 50.5 Å². The summed E-state index contributed by atoms with van der Waals surface area (Å²) in [6.45, 7) is 9.29. The largest absolute Gasteiger partial charge is 0.433 e. The number of hydrogen-bond acceptors (Lipinski definition) is 7. The van der Waals surface area contributed by atoms with E-state index in [2.05, 4.69) is 25.0 Å². The molecular weight excluding hydrogens is 415 g/mol. The number of alkyl halides is 3. The van der Waals surface area contributed by atoms with E-state index in [4.69, 9.17) is 0 Å². The molecule has 0 N–H and O–H groups in total. The van der Waals surface area contributed by atoms with Gasteiger partial charge in [0.05, 0.1) is 0 Å². The zero-order chi connectivity index (χ0) is 21.9. The Balaban J connectivity index is 1.55. The Bertz CT molecular complexity index is 807. The second kappa shape index (κ2) is 9.09. The van der Waals surface area contributed by atoms with Gasteiger partial charge in [0.25, 0.3) is 0 Å². The molecule has 2 aromatic heterocycles. The molecule has 0 unspecified atom stereocenters. The van der Waals surface area contributed by atoms with Gasteiger partial charge in [0.2, 0.25) is 5.16 Å². The lowest BCUT2D eigenvalue weighted by molar-refractivity contribution is -0.141. The van der Waals surface area contributed by atoms with Crippen molar-refractivity contribution < 1.29 is 13.2 Å². The number of hydrogen-bond donors (Lipinski definition) is 0. The maximum Gasteiger partial charge on any atom is 0.433 e. The molecule has 1 aliphatic rings. The van der Waals surface area contributed by atoms with E-state index >= 15 is 0 Å². The van der Waals surface area contributed by atoms with Crippen LogP contribution >= 0.6 is 11.8 Å². The summed E-state index contributed by atoms with van der Waals surface area (Å²) < 4.78 is 41.7. The number of nitrogens with zero attached hydrogens (tertiary/aromatic N) is 7. The van der Waals surface area contributed by atoms with Crippen LogP contribution in [0.5, 0.6) is 0 Å². The second-order valence-electron chi connectivity index (χ2n) is 8.41. The van der Waals surface area contributed by atoms with Gasteiger partial charge in [-0.05, 0) is 13.0 Å². The summed E-state index contributed by atoms with van der Waals surface area (Å²) in [6.07, 6.45) is -1.80. The Morgan fingerprint density at radius 1 is 1.07 bits per heavy atom. The normalized spacial score (nSPS) is 16.3. The molecule has 30 heavy (non-hydrogen) atoms. The molecule has 11 heteroatoms. The number of thioether (sulfide) groups is 1. The number of rotatable bonds is 6. The summed E-state index contributed by atoms with van der Waals surface area (Å²) in [4.78, 5) is 16.7. The van der Waals surface area contributed by atoms with Gasteiger partial charge in [-0.15, -0.1) is 5.10 Å². The minimum Gasteiger partial charge on any atom is -0.354 e. The molecule has 0 spiro atoms. The SMILES string of the molecule is Cn1cnc(SCCCN2CCN(c3cc(C(F)(F)F)nc(C(C)(C)C)n3)CC2)n1. The third kappa shape index (κ3) is 6.07. The molecule has 0 aromatic carbocycles. The molecule has 166 valence electrons. The predicted molar refractivity (Wildman–Crippen MR) is 111 cm³/mol. The summed E-state index contributed by atoms with van der Waals surface area (Å²) in [7, 11) is 1.84. The van der Waals surface area contributed by atoms with Crippen molar-refractivity contribution in [1.82, 2.24) is 29.6 Å². The van der Waals surface area contributed by atoms with Gasteiger partial charge in [-0.3, -0.25) is 9.58 Å². The molecule has 1 aliphatic heterocycles. The zero-order valence-corrected chi connectivity index (χ0v) is 18.6. The summed E-state index contributed by atoms with van der Waals surface area (Å²) in [5, 5.41) is 5.02. The Morgan fingerprint density at radius 3 is 2.33 bits per heavy atom. The molecule has 0 saturated carbocycles. The van der Waals surface area contributed by atoms with Crippen LogP contribution in [0.4, 0.5) is 19.0 Å². The molecule has 0 atom stereocenters. The third-order valence-corrected chi connectivity index (χ3v) is 5.74. The lowest BCUT2D eigenvalue weighted by Crippen LogP contribution is -2.47. The molecule has 3 heterocycles. The smallest absolute Gasteiger partial charge is 0.354 e. The van der Waals surface area contributed by atoms with Gasteiger partial charge < -0.3 is 4.90 Å². The molecule has 0 aliphatic carbocycles. The van der Waals surface area contributed by atoms with Crippen LogP contribution in [0.1, 0.15) is 38.7 Å². The molecule has 7 nitrogen and oxygen atoms in total. The highest BCUT2D eigenvalue weighted by Crippen LogP contribution is 2.32. The fourth-order valence-electron chi connectivity index (χ4n) is 3.11. The summed E-state index contributed by atoms with van der Waals surface area (Å²) >= 11 is 1.63. The van der Waals surface area contributed by atoms with Crippen molar-refractivity contribution >= 4 is 17.6 Å². The van der Waals surface area contributed by atoms with Crippen LogP contribution < -0.4 is 4.90 Å². The summed E-state index contributed by atoms with van der Waals surface area (Å²) in [5.41, 5.74) is -1.43. The Kier molecular flexibility index (Phi) is 6.91. The van der Waals surface area contributed by atoms with Crippen LogP contribution in [0.25, 0.3) is 0 Å². The van der Waals surface area contributed by atoms with Crippen molar-refractivity contribution in [2.75, 3.05) is 43.4 Å². The number of piperazine rings is 1. The number of aromatic nitrogens is 5. The molecule has 0 radical (unpaired) electrons. The minimum absolute atomic E-state index is 0.218. The monoisotopic (exact) mass is 443 g/mol. The molecule has 0 bridgehead atoms. The van der Waals surface area contributed by atoms with E-state index in [0.29, 0.717) is 18.9 Å². The molecule has 3 rings (SSSR count). The molecule has 1 saturated heterocycles. The van der Waals surface area contributed by atoms with Crippen LogP contribution in [0, 0.1) is 0 Å². The van der Waals surface area contributed by atoms with E-state index in [9.17, 15) is 13.2 Å². The van der Waals surface area contributed by atoms with E-state index in [1.807, 2.05) is 32.7 Å². The van der Waals surface area contributed by atoms with Gasteiger partial charge in [-0.2, -0.15) is 13.2 Å². The van der Waals surface area contributed by atoms with Crippen molar-refractivity contribution in [2.24, 2.45) is 7.05 Å². The maximum absolute atomic E-state index is 13.3. The number of halogens is 3. The van der Waals surface area contributed by atoms with Gasteiger partial charge in [-0.25, -0.2) is 15.0 Å². The average molecular weight is 444 g/mol. The van der Waals surface area contributed by atoms with Gasteiger partial charge in [-0.1, -0.05) is 32.5 Å². The van der Waals surface area contributed by atoms with Crippen LogP contribution in [0.2, 0.25) is 0 Å². The summed E-state index contributed by atoms with van der Waals surface area (Å²) in [6, 6.07) is 1.07. The highest BCUT2D eigenvalue weighted by Gasteiger charge is 2.35. The average Bonchev–Trinajstić information content (AvgIpc) is 3.09. The lowest BCUT2D eigenvalue weighted by atomic mass is 9.95. The van der Waals surface area contributed by atoms with Crippen molar-refractivity contribution in [1.29, 1.82) is 0 Å². The Hall–Kier alpha value is -1.88. The van der Waals surface area contributed by atoms with Crippen LogP contribution in [-0.4, -0.2) is 68.1 Å². The topological polar surface area (TPSA) is 63.0 Å². The van der Waals surface area contributed by atoms with E-state index < -0.39 is 17.3 Å². The van der Waals surface area contributed by atoms with E-state index in [0.717, 1.165) is 43.0 Å². The van der Waals surface area contributed by atoms with Crippen molar-refractivity contribution in [3.8, 4) is 0 Å². The minimum atomic E-state index is -4.49. The van der Waals surface area contributed by atoms with E-state index in [-0.39, 0.29) is 5.82 Å². The fraction of sp³-hybridized carbons (Fsp3) is 0.684.